The minimum atomic E-state index is 0.421. The summed E-state index contributed by atoms with van der Waals surface area (Å²) < 4.78 is 0. The van der Waals surface area contributed by atoms with Crippen molar-refractivity contribution in [2.24, 2.45) is 11.7 Å². The number of rotatable bonds is 1. The van der Waals surface area contributed by atoms with Gasteiger partial charge in [0.25, 0.3) is 0 Å². The summed E-state index contributed by atoms with van der Waals surface area (Å²) in [7, 11) is 0. The first-order chi connectivity index (χ1) is 6.18. The van der Waals surface area contributed by atoms with Gasteiger partial charge in [0.2, 0.25) is 0 Å². The van der Waals surface area contributed by atoms with Crippen molar-refractivity contribution in [2.45, 2.75) is 38.6 Å². The van der Waals surface area contributed by atoms with Gasteiger partial charge in [-0.3, -0.25) is 0 Å². The molecule has 0 radical (unpaired) electrons. The first-order valence-electron chi connectivity index (χ1n) is 4.99. The van der Waals surface area contributed by atoms with Gasteiger partial charge in [-0.1, -0.05) is 6.92 Å². The van der Waals surface area contributed by atoms with Crippen LogP contribution in [0.2, 0.25) is 0 Å². The molecule has 0 aromatic carbocycles. The predicted molar refractivity (Wildman–Crippen MR) is 58.2 cm³/mol. The lowest BCUT2D eigenvalue weighted by molar-refractivity contribution is 0.480. The summed E-state index contributed by atoms with van der Waals surface area (Å²) >= 11 is 1.85. The molecule has 2 N–H and O–H groups in total. The highest BCUT2D eigenvalue weighted by molar-refractivity contribution is 7.10. The number of thiophene rings is 1. The van der Waals surface area contributed by atoms with E-state index in [-0.39, 0.29) is 0 Å². The quantitative estimate of drug-likeness (QED) is 0.732. The summed E-state index contributed by atoms with van der Waals surface area (Å²) in [6.45, 7) is 4.46. The van der Waals surface area contributed by atoms with E-state index in [0.717, 1.165) is 5.92 Å². The molecule has 1 aromatic rings. The average Bonchev–Trinajstić information content (AvgIpc) is 2.62. The Balaban J connectivity index is 2.18. The molecule has 1 heterocycles. The van der Waals surface area contributed by atoms with E-state index < -0.39 is 0 Å². The first-order valence-corrected chi connectivity index (χ1v) is 5.87. The van der Waals surface area contributed by atoms with Crippen LogP contribution in [0.4, 0.5) is 0 Å². The van der Waals surface area contributed by atoms with Gasteiger partial charge in [0.15, 0.2) is 0 Å². The lowest BCUT2D eigenvalue weighted by atomic mass is 9.91. The number of nitrogens with two attached hydrogens (primary N) is 1. The molecule has 72 valence electrons. The van der Waals surface area contributed by atoms with E-state index >= 15 is 0 Å². The molecule has 0 saturated heterocycles. The first kappa shape index (κ1) is 9.22. The maximum absolute atomic E-state index is 6.02. The van der Waals surface area contributed by atoms with Gasteiger partial charge in [-0.25, -0.2) is 0 Å². The van der Waals surface area contributed by atoms with Crippen molar-refractivity contribution in [3.05, 3.63) is 21.9 Å². The van der Waals surface area contributed by atoms with Crippen LogP contribution in [0.25, 0.3) is 0 Å². The Morgan fingerprint density at radius 1 is 1.46 bits per heavy atom. The Bertz CT molecular complexity index is 292. The predicted octanol–water partition coefficient (Wildman–Crippen LogP) is 2.90. The van der Waals surface area contributed by atoms with E-state index in [1.807, 2.05) is 11.3 Å². The second-order valence-electron chi connectivity index (χ2n) is 4.20. The Morgan fingerprint density at radius 3 is 2.69 bits per heavy atom. The van der Waals surface area contributed by atoms with Crippen molar-refractivity contribution >= 4 is 11.3 Å². The number of aryl methyl sites for hydroxylation is 1. The third-order valence-corrected chi connectivity index (χ3v) is 4.18. The summed E-state index contributed by atoms with van der Waals surface area (Å²) in [5.74, 6) is 1.38. The lowest BCUT2D eigenvalue weighted by Gasteiger charge is -2.16. The molecule has 1 aromatic heterocycles. The average molecular weight is 195 g/mol. The molecule has 3 unspecified atom stereocenters. The lowest BCUT2D eigenvalue weighted by Crippen LogP contribution is -2.24. The van der Waals surface area contributed by atoms with Gasteiger partial charge in [0.05, 0.1) is 0 Å². The van der Waals surface area contributed by atoms with Crippen LogP contribution in [-0.4, -0.2) is 6.04 Å². The molecule has 2 heteroatoms. The molecule has 0 amide bonds. The van der Waals surface area contributed by atoms with Crippen molar-refractivity contribution in [1.82, 2.24) is 0 Å². The van der Waals surface area contributed by atoms with Crippen molar-refractivity contribution in [2.75, 3.05) is 0 Å². The topological polar surface area (TPSA) is 26.0 Å². The molecule has 1 aliphatic rings. The fourth-order valence-electron chi connectivity index (χ4n) is 2.32. The van der Waals surface area contributed by atoms with Crippen molar-refractivity contribution < 1.29 is 0 Å². The molecule has 1 aliphatic carbocycles. The second kappa shape index (κ2) is 3.43. The van der Waals surface area contributed by atoms with Gasteiger partial charge < -0.3 is 5.73 Å². The van der Waals surface area contributed by atoms with E-state index in [1.54, 1.807) is 0 Å². The summed E-state index contributed by atoms with van der Waals surface area (Å²) in [4.78, 5) is 1.42. The fourth-order valence-corrected chi connectivity index (χ4v) is 3.09. The molecule has 1 saturated carbocycles. The van der Waals surface area contributed by atoms with Crippen LogP contribution in [0.1, 0.15) is 36.1 Å². The van der Waals surface area contributed by atoms with Crippen LogP contribution >= 0.6 is 11.3 Å². The van der Waals surface area contributed by atoms with Crippen molar-refractivity contribution in [3.63, 3.8) is 0 Å². The zero-order valence-electron chi connectivity index (χ0n) is 8.29. The van der Waals surface area contributed by atoms with E-state index in [4.69, 9.17) is 5.73 Å². The smallest absolute Gasteiger partial charge is 0.00705 e. The van der Waals surface area contributed by atoms with E-state index in [0.29, 0.717) is 12.0 Å². The van der Waals surface area contributed by atoms with Crippen LogP contribution in [0, 0.1) is 12.8 Å². The Morgan fingerprint density at radius 2 is 2.23 bits per heavy atom. The largest absolute Gasteiger partial charge is 0.327 e. The molecule has 13 heavy (non-hydrogen) atoms. The molecule has 2 rings (SSSR count). The van der Waals surface area contributed by atoms with Gasteiger partial charge in [-0.2, -0.15) is 0 Å². The molecule has 0 bridgehead atoms. The summed E-state index contributed by atoms with van der Waals surface area (Å²) in [5.41, 5.74) is 7.53. The van der Waals surface area contributed by atoms with Crippen LogP contribution in [0.5, 0.6) is 0 Å². The third-order valence-electron chi connectivity index (χ3n) is 3.30. The van der Waals surface area contributed by atoms with Gasteiger partial charge in [0, 0.05) is 10.9 Å². The van der Waals surface area contributed by atoms with Crippen molar-refractivity contribution in [3.8, 4) is 0 Å². The monoisotopic (exact) mass is 195 g/mol. The van der Waals surface area contributed by atoms with Crippen molar-refractivity contribution in [1.29, 1.82) is 0 Å². The normalized spacial score (nSPS) is 33.9. The molecule has 1 nitrogen and oxygen atoms in total. The van der Waals surface area contributed by atoms with E-state index in [1.165, 1.54) is 23.3 Å². The van der Waals surface area contributed by atoms with Crippen LogP contribution < -0.4 is 5.73 Å². The maximum atomic E-state index is 6.02. The highest BCUT2D eigenvalue weighted by atomic mass is 32.1. The van der Waals surface area contributed by atoms with E-state index in [2.05, 4.69) is 25.3 Å². The standard InChI is InChI=1S/C11H17NS/c1-7-5-9(6-13-7)10-3-4-11(12)8(10)2/h5-6,8,10-11H,3-4,12H2,1-2H3. The minimum Gasteiger partial charge on any atom is -0.327 e. The number of hydrogen-bond donors (Lipinski definition) is 1. The minimum absolute atomic E-state index is 0.421. The Kier molecular flexibility index (Phi) is 2.43. The van der Waals surface area contributed by atoms with Crippen LogP contribution in [0.3, 0.4) is 0 Å². The highest BCUT2D eigenvalue weighted by Gasteiger charge is 2.31. The molecular formula is C11H17NS. The molecule has 3 atom stereocenters. The zero-order valence-corrected chi connectivity index (χ0v) is 9.10. The zero-order chi connectivity index (χ0) is 9.42. The van der Waals surface area contributed by atoms with Crippen LogP contribution in [0.15, 0.2) is 11.4 Å². The number of hydrogen-bond acceptors (Lipinski definition) is 2. The maximum Gasteiger partial charge on any atom is 0.00705 e. The summed E-state index contributed by atoms with van der Waals surface area (Å²) in [6.07, 6.45) is 2.47. The summed E-state index contributed by atoms with van der Waals surface area (Å²) in [6, 6.07) is 2.74. The molecule has 0 aliphatic heterocycles. The second-order valence-corrected chi connectivity index (χ2v) is 5.31. The van der Waals surface area contributed by atoms with Gasteiger partial charge in [0.1, 0.15) is 0 Å². The fraction of sp³-hybridized carbons (Fsp3) is 0.636. The Hall–Kier alpha value is -0.340. The van der Waals surface area contributed by atoms with E-state index in [9.17, 15) is 0 Å². The summed E-state index contributed by atoms with van der Waals surface area (Å²) in [5, 5.41) is 2.30. The van der Waals surface area contributed by atoms with Gasteiger partial charge >= 0.3 is 0 Å². The Labute approximate surface area is 84.0 Å². The van der Waals surface area contributed by atoms with Gasteiger partial charge in [-0.05, 0) is 48.6 Å². The molecule has 1 fully saturated rings. The highest BCUT2D eigenvalue weighted by Crippen LogP contribution is 2.39. The third kappa shape index (κ3) is 1.65. The molecular weight excluding hydrogens is 178 g/mol. The van der Waals surface area contributed by atoms with Crippen LogP contribution in [-0.2, 0) is 0 Å². The molecule has 0 spiro atoms. The van der Waals surface area contributed by atoms with Gasteiger partial charge in [-0.15, -0.1) is 11.3 Å². The SMILES string of the molecule is Cc1cc(C2CCC(N)C2C)cs1.